The summed E-state index contributed by atoms with van der Waals surface area (Å²) < 4.78 is 58.1. The molecule has 2 aromatic carbocycles. The van der Waals surface area contributed by atoms with Gasteiger partial charge in [-0.3, -0.25) is 10.1 Å². The summed E-state index contributed by atoms with van der Waals surface area (Å²) in [7, 11) is -2.25. The van der Waals surface area contributed by atoms with Crippen LogP contribution in [0.4, 0.5) is 14.5 Å². The first kappa shape index (κ1) is 21.4. The number of sulfonamides is 1. The van der Waals surface area contributed by atoms with Gasteiger partial charge in [0, 0.05) is 25.2 Å². The summed E-state index contributed by atoms with van der Waals surface area (Å²) in [4.78, 5) is 21.5. The molecule has 0 bridgehead atoms. The van der Waals surface area contributed by atoms with Gasteiger partial charge >= 0.3 is 5.97 Å². The minimum atomic E-state index is -4.44. The molecule has 0 radical (unpaired) electrons. The normalized spacial score (nSPS) is 12.6. The zero-order valence-corrected chi connectivity index (χ0v) is 15.9. The average Bonchev–Trinajstić information content (AvgIpc) is 2.67. The van der Waals surface area contributed by atoms with Crippen molar-refractivity contribution in [2.24, 2.45) is 0 Å². The van der Waals surface area contributed by atoms with Gasteiger partial charge in [-0.2, -0.15) is 4.31 Å². The van der Waals surface area contributed by atoms with E-state index >= 15 is 0 Å². The molecule has 0 aliphatic rings. The Bertz CT molecular complexity index is 1040. The van der Waals surface area contributed by atoms with E-state index in [2.05, 4.69) is 4.74 Å². The van der Waals surface area contributed by atoms with E-state index in [0.29, 0.717) is 0 Å². The highest BCUT2D eigenvalue weighted by Gasteiger charge is 2.32. The number of ether oxygens (including phenoxy) is 1. The number of non-ortho nitro benzene ring substituents is 1. The molecule has 1 unspecified atom stereocenters. The third kappa shape index (κ3) is 3.99. The molecule has 0 N–H and O–H groups in total. The van der Waals surface area contributed by atoms with E-state index in [1.807, 2.05) is 0 Å². The van der Waals surface area contributed by atoms with Crippen LogP contribution in [-0.4, -0.2) is 37.8 Å². The summed E-state index contributed by atoms with van der Waals surface area (Å²) >= 11 is 0. The smallest absolute Gasteiger partial charge is 0.339 e. The lowest BCUT2D eigenvalue weighted by atomic mass is 10.1. The van der Waals surface area contributed by atoms with Crippen molar-refractivity contribution < 1.29 is 31.7 Å². The molecule has 0 amide bonds. The molecule has 11 heteroatoms. The lowest BCUT2D eigenvalue weighted by molar-refractivity contribution is -0.385. The van der Waals surface area contributed by atoms with E-state index in [4.69, 9.17) is 0 Å². The van der Waals surface area contributed by atoms with Gasteiger partial charge in [-0.15, -0.1) is 0 Å². The lowest BCUT2D eigenvalue weighted by Crippen LogP contribution is -2.31. The second-order valence-electron chi connectivity index (χ2n) is 5.80. The number of benzene rings is 2. The number of methoxy groups -OCH3 is 1. The van der Waals surface area contributed by atoms with E-state index in [0.717, 1.165) is 48.8 Å². The molecule has 0 aliphatic carbocycles. The fraction of sp³-hybridized carbons (Fsp3) is 0.235. The summed E-state index contributed by atoms with van der Waals surface area (Å²) in [6.07, 6.45) is 0. The van der Waals surface area contributed by atoms with Crippen molar-refractivity contribution in [2.75, 3.05) is 14.2 Å². The number of nitro groups is 1. The van der Waals surface area contributed by atoms with E-state index in [9.17, 15) is 32.1 Å². The Balaban J connectivity index is 2.57. The summed E-state index contributed by atoms with van der Waals surface area (Å²) in [5.74, 6) is -3.24. The van der Waals surface area contributed by atoms with Crippen molar-refractivity contribution >= 4 is 21.7 Å². The number of esters is 1. The third-order valence-electron chi connectivity index (χ3n) is 4.21. The first-order chi connectivity index (χ1) is 13.0. The van der Waals surface area contributed by atoms with Crippen LogP contribution < -0.4 is 0 Å². The van der Waals surface area contributed by atoms with Crippen molar-refractivity contribution in [3.05, 3.63) is 69.3 Å². The highest BCUT2D eigenvalue weighted by Crippen LogP contribution is 2.30. The Labute approximate surface area is 159 Å². The molecule has 8 nitrogen and oxygen atoms in total. The Morgan fingerprint density at radius 2 is 1.82 bits per heavy atom. The van der Waals surface area contributed by atoms with E-state index in [1.54, 1.807) is 0 Å². The Morgan fingerprint density at radius 1 is 1.18 bits per heavy atom. The van der Waals surface area contributed by atoms with Crippen LogP contribution in [0, 0.1) is 21.7 Å². The second-order valence-corrected chi connectivity index (χ2v) is 7.77. The minimum Gasteiger partial charge on any atom is -0.465 e. The van der Waals surface area contributed by atoms with Crippen LogP contribution in [0.5, 0.6) is 0 Å². The monoisotopic (exact) mass is 414 g/mol. The van der Waals surface area contributed by atoms with Gasteiger partial charge in [0.15, 0.2) is 11.6 Å². The number of nitrogens with zero attached hydrogens (tertiary/aromatic N) is 2. The molecule has 0 heterocycles. The average molecular weight is 414 g/mol. The molecule has 2 aromatic rings. The molecule has 0 saturated heterocycles. The van der Waals surface area contributed by atoms with Crippen LogP contribution in [0.3, 0.4) is 0 Å². The molecule has 0 fully saturated rings. The fourth-order valence-electron chi connectivity index (χ4n) is 2.46. The highest BCUT2D eigenvalue weighted by atomic mass is 32.2. The maximum atomic E-state index is 13.5. The van der Waals surface area contributed by atoms with Crippen LogP contribution in [0.25, 0.3) is 0 Å². The quantitative estimate of drug-likeness (QED) is 0.409. The fourth-order valence-corrected chi connectivity index (χ4v) is 4.01. The molecular formula is C17H16F2N2O6S. The van der Waals surface area contributed by atoms with Gasteiger partial charge in [0.05, 0.1) is 17.6 Å². The molecule has 2 rings (SSSR count). The zero-order chi connectivity index (χ0) is 21.2. The zero-order valence-electron chi connectivity index (χ0n) is 15.0. The highest BCUT2D eigenvalue weighted by molar-refractivity contribution is 7.89. The van der Waals surface area contributed by atoms with Gasteiger partial charge in [0.1, 0.15) is 4.90 Å². The van der Waals surface area contributed by atoms with E-state index in [-0.39, 0.29) is 5.56 Å². The number of hydrogen-bond donors (Lipinski definition) is 0. The Kier molecular flexibility index (Phi) is 6.10. The molecule has 1 atom stereocenters. The predicted octanol–water partition coefficient (Wildman–Crippen LogP) is 3.04. The summed E-state index contributed by atoms with van der Waals surface area (Å²) in [6, 6.07) is 4.65. The van der Waals surface area contributed by atoms with Crippen LogP contribution in [0.1, 0.15) is 28.9 Å². The molecule has 0 aliphatic heterocycles. The van der Waals surface area contributed by atoms with Gasteiger partial charge in [0.25, 0.3) is 5.69 Å². The standard InChI is InChI=1S/C17H16F2N2O6S/c1-10(11-4-7-14(18)15(19)8-11)20(2)28(25,26)16-9-12(21(23)24)5-6-13(16)17(22)27-3/h4-10H,1-3H3. The van der Waals surface area contributed by atoms with Crippen molar-refractivity contribution in [3.8, 4) is 0 Å². The van der Waals surface area contributed by atoms with Gasteiger partial charge in [0.2, 0.25) is 10.0 Å². The van der Waals surface area contributed by atoms with E-state index in [1.165, 1.54) is 13.0 Å². The SMILES string of the molecule is COC(=O)c1ccc([N+](=O)[O-])cc1S(=O)(=O)N(C)C(C)c1ccc(F)c(F)c1. The van der Waals surface area contributed by atoms with Crippen molar-refractivity contribution in [2.45, 2.75) is 17.9 Å². The van der Waals surface area contributed by atoms with Crippen LogP contribution in [-0.2, 0) is 14.8 Å². The maximum Gasteiger partial charge on any atom is 0.339 e. The number of nitro benzene ring substituents is 1. The topological polar surface area (TPSA) is 107 Å². The summed E-state index contributed by atoms with van der Waals surface area (Å²) in [6.45, 7) is 1.42. The predicted molar refractivity (Wildman–Crippen MR) is 94.2 cm³/mol. The first-order valence-electron chi connectivity index (χ1n) is 7.80. The second kappa shape index (κ2) is 7.98. The number of carbonyl (C=O) groups excluding carboxylic acids is 1. The van der Waals surface area contributed by atoms with Gasteiger partial charge < -0.3 is 4.74 Å². The van der Waals surface area contributed by atoms with Crippen molar-refractivity contribution in [3.63, 3.8) is 0 Å². The lowest BCUT2D eigenvalue weighted by Gasteiger charge is -2.25. The first-order valence-corrected chi connectivity index (χ1v) is 9.24. The maximum absolute atomic E-state index is 13.5. The van der Waals surface area contributed by atoms with Gasteiger partial charge in [-0.1, -0.05) is 6.07 Å². The largest absolute Gasteiger partial charge is 0.465 e. The number of carbonyl (C=O) groups is 1. The van der Waals surface area contributed by atoms with Crippen molar-refractivity contribution in [1.29, 1.82) is 0 Å². The van der Waals surface area contributed by atoms with Crippen LogP contribution in [0.15, 0.2) is 41.3 Å². The van der Waals surface area contributed by atoms with Crippen molar-refractivity contribution in [1.82, 2.24) is 4.31 Å². The molecule has 0 saturated carbocycles. The summed E-state index contributed by atoms with van der Waals surface area (Å²) in [5.41, 5.74) is -0.785. The summed E-state index contributed by atoms with van der Waals surface area (Å²) in [5, 5.41) is 11.0. The van der Waals surface area contributed by atoms with Gasteiger partial charge in [-0.25, -0.2) is 22.0 Å². The number of rotatable bonds is 6. The molecule has 0 aromatic heterocycles. The molecule has 150 valence electrons. The molecule has 0 spiro atoms. The number of halogens is 2. The number of hydrogen-bond acceptors (Lipinski definition) is 6. The Morgan fingerprint density at radius 3 is 2.36 bits per heavy atom. The van der Waals surface area contributed by atoms with Crippen LogP contribution >= 0.6 is 0 Å². The van der Waals surface area contributed by atoms with E-state index < -0.39 is 54.7 Å². The molecular weight excluding hydrogens is 398 g/mol. The minimum absolute atomic E-state index is 0.148. The Hall–Kier alpha value is -2.92. The van der Waals surface area contributed by atoms with Gasteiger partial charge in [-0.05, 0) is 30.7 Å². The molecule has 28 heavy (non-hydrogen) atoms. The van der Waals surface area contributed by atoms with Crippen LogP contribution in [0.2, 0.25) is 0 Å². The third-order valence-corrected chi connectivity index (χ3v) is 6.18.